The maximum Gasteiger partial charge on any atom is 0.0682 e. The smallest absolute Gasteiger partial charge is 0.0682 e. The van der Waals surface area contributed by atoms with Crippen LogP contribution >= 0.6 is 0 Å². The fourth-order valence-electron chi connectivity index (χ4n) is 1.26. The van der Waals surface area contributed by atoms with Crippen LogP contribution < -0.4 is 0 Å². The Morgan fingerprint density at radius 2 is 2.33 bits per heavy atom. The molecule has 1 heterocycles. The summed E-state index contributed by atoms with van der Waals surface area (Å²) in [7, 11) is 1.91. The number of likely N-dealkylation sites (N-methyl/N-ethyl adjacent to an activating group) is 1. The largest absolute Gasteiger partial charge is 0.395 e. The van der Waals surface area contributed by atoms with Crippen LogP contribution in [0.5, 0.6) is 0 Å². The Hall–Kier alpha value is -0.120. The molecule has 9 heavy (non-hydrogen) atoms. The molecule has 1 fully saturated rings. The molecule has 54 valence electrons. The molecule has 0 radical (unpaired) electrons. The second-order valence-electron chi connectivity index (χ2n) is 2.67. The van der Waals surface area contributed by atoms with Crippen molar-refractivity contribution in [1.29, 1.82) is 0 Å². The summed E-state index contributed by atoms with van der Waals surface area (Å²) in [6.07, 6.45) is 0.486. The van der Waals surface area contributed by atoms with E-state index in [1.54, 1.807) is 0 Å². The lowest BCUT2D eigenvalue weighted by molar-refractivity contribution is 0.180. The zero-order chi connectivity index (χ0) is 6.85. The quantitative estimate of drug-likeness (QED) is 0.482. The molecule has 0 spiro atoms. The molecule has 0 bridgehead atoms. The Morgan fingerprint density at radius 3 is 2.56 bits per heavy atom. The number of hydrogen-bond acceptors (Lipinski definition) is 3. The molecule has 1 saturated heterocycles. The van der Waals surface area contributed by atoms with Gasteiger partial charge in [-0.3, -0.25) is 4.90 Å². The van der Waals surface area contributed by atoms with Gasteiger partial charge in [0.15, 0.2) is 0 Å². The lowest BCUT2D eigenvalue weighted by atomic mass is 10.2. The third-order valence-electron chi connectivity index (χ3n) is 1.88. The Bertz CT molecular complexity index is 97.1. The summed E-state index contributed by atoms with van der Waals surface area (Å²) < 4.78 is 0. The van der Waals surface area contributed by atoms with Gasteiger partial charge < -0.3 is 10.2 Å². The first-order valence-corrected chi connectivity index (χ1v) is 3.23. The first-order chi connectivity index (χ1) is 4.24. The van der Waals surface area contributed by atoms with Crippen LogP contribution in [0.1, 0.15) is 6.42 Å². The van der Waals surface area contributed by atoms with Crippen molar-refractivity contribution in [3.63, 3.8) is 0 Å². The molecule has 0 aliphatic carbocycles. The summed E-state index contributed by atoms with van der Waals surface area (Å²) in [5.74, 6) is 0. The molecule has 0 amide bonds. The highest BCUT2D eigenvalue weighted by Crippen LogP contribution is 2.13. The van der Waals surface area contributed by atoms with Crippen LogP contribution in [0.2, 0.25) is 0 Å². The summed E-state index contributed by atoms with van der Waals surface area (Å²) in [4.78, 5) is 1.98. The minimum absolute atomic E-state index is 0.160. The fourth-order valence-corrected chi connectivity index (χ4v) is 1.26. The molecule has 1 unspecified atom stereocenters. The second kappa shape index (κ2) is 2.64. The van der Waals surface area contributed by atoms with Crippen LogP contribution in [0.15, 0.2) is 0 Å². The summed E-state index contributed by atoms with van der Waals surface area (Å²) in [6, 6.07) is 0.181. The van der Waals surface area contributed by atoms with Gasteiger partial charge >= 0.3 is 0 Å². The molecule has 1 rings (SSSR count). The van der Waals surface area contributed by atoms with E-state index >= 15 is 0 Å². The number of aliphatic hydroxyl groups excluding tert-OH is 2. The highest BCUT2D eigenvalue weighted by atomic mass is 16.3. The molecule has 3 nitrogen and oxygen atoms in total. The van der Waals surface area contributed by atoms with E-state index in [-0.39, 0.29) is 18.8 Å². The van der Waals surface area contributed by atoms with Crippen molar-refractivity contribution in [3.05, 3.63) is 0 Å². The lowest BCUT2D eigenvalue weighted by Crippen LogP contribution is -2.27. The Labute approximate surface area is 54.9 Å². The van der Waals surface area contributed by atoms with E-state index in [1.807, 2.05) is 11.9 Å². The maximum atomic E-state index is 9.05. The van der Waals surface area contributed by atoms with Crippen LogP contribution in [0.25, 0.3) is 0 Å². The summed E-state index contributed by atoms with van der Waals surface area (Å²) in [5, 5.41) is 17.7. The van der Waals surface area contributed by atoms with E-state index in [2.05, 4.69) is 0 Å². The average Bonchev–Trinajstić information content (AvgIpc) is 2.10. The first-order valence-electron chi connectivity index (χ1n) is 3.23. The molecular weight excluding hydrogens is 118 g/mol. The third kappa shape index (κ3) is 1.41. The minimum atomic E-state index is -0.229. The van der Waals surface area contributed by atoms with Crippen molar-refractivity contribution in [2.24, 2.45) is 0 Å². The van der Waals surface area contributed by atoms with Crippen LogP contribution in [0.3, 0.4) is 0 Å². The number of β-amino-alcohol motifs (C(OH)–C–C–N with tert-alkyl or cyclic N) is 1. The van der Waals surface area contributed by atoms with Gasteiger partial charge in [0.25, 0.3) is 0 Å². The standard InChI is InChI=1S/C6H13NO2/c1-7-3-6(9)2-5(7)4-8/h5-6,8-9H,2-4H2,1H3/t5-,6?/m1/s1. The molecule has 1 aliphatic rings. The van der Waals surface area contributed by atoms with Gasteiger partial charge in [0.05, 0.1) is 12.7 Å². The molecule has 2 N–H and O–H groups in total. The van der Waals surface area contributed by atoms with Gasteiger partial charge in [0.1, 0.15) is 0 Å². The zero-order valence-electron chi connectivity index (χ0n) is 5.62. The molecule has 0 saturated carbocycles. The maximum absolute atomic E-state index is 9.05. The van der Waals surface area contributed by atoms with E-state index in [0.717, 1.165) is 0 Å². The Morgan fingerprint density at radius 1 is 1.67 bits per heavy atom. The van der Waals surface area contributed by atoms with E-state index in [4.69, 9.17) is 10.2 Å². The van der Waals surface area contributed by atoms with E-state index < -0.39 is 0 Å². The molecule has 0 aromatic carbocycles. The predicted octanol–water partition coefficient (Wildman–Crippen LogP) is -0.956. The topological polar surface area (TPSA) is 43.7 Å². The zero-order valence-corrected chi connectivity index (χ0v) is 5.62. The number of aliphatic hydroxyl groups is 2. The molecular formula is C6H13NO2. The van der Waals surface area contributed by atoms with Crippen LogP contribution in [-0.4, -0.2) is 47.5 Å². The number of hydrogen-bond donors (Lipinski definition) is 2. The van der Waals surface area contributed by atoms with Crippen molar-refractivity contribution in [2.75, 3.05) is 20.2 Å². The van der Waals surface area contributed by atoms with Crippen molar-refractivity contribution < 1.29 is 10.2 Å². The van der Waals surface area contributed by atoms with Crippen LogP contribution in [0.4, 0.5) is 0 Å². The lowest BCUT2D eigenvalue weighted by Gasteiger charge is -2.14. The summed E-state index contributed by atoms with van der Waals surface area (Å²) >= 11 is 0. The van der Waals surface area contributed by atoms with Crippen molar-refractivity contribution in [1.82, 2.24) is 4.90 Å². The normalized spacial score (nSPS) is 37.7. The van der Waals surface area contributed by atoms with Gasteiger partial charge in [-0.1, -0.05) is 0 Å². The van der Waals surface area contributed by atoms with Crippen LogP contribution in [-0.2, 0) is 0 Å². The number of rotatable bonds is 1. The van der Waals surface area contributed by atoms with Gasteiger partial charge in [-0.25, -0.2) is 0 Å². The highest BCUT2D eigenvalue weighted by Gasteiger charge is 2.26. The van der Waals surface area contributed by atoms with Crippen LogP contribution in [0, 0.1) is 0 Å². The highest BCUT2D eigenvalue weighted by molar-refractivity contribution is 4.81. The monoisotopic (exact) mass is 131 g/mol. The van der Waals surface area contributed by atoms with Crippen molar-refractivity contribution >= 4 is 0 Å². The number of likely N-dealkylation sites (tertiary alicyclic amines) is 1. The average molecular weight is 131 g/mol. The van der Waals surface area contributed by atoms with E-state index in [0.29, 0.717) is 13.0 Å². The second-order valence-corrected chi connectivity index (χ2v) is 2.67. The van der Waals surface area contributed by atoms with Gasteiger partial charge in [-0.05, 0) is 13.5 Å². The Kier molecular flexibility index (Phi) is 2.05. The Balaban J connectivity index is 2.38. The SMILES string of the molecule is CN1CC(O)C[C@@H]1CO. The summed E-state index contributed by atoms with van der Waals surface area (Å²) in [6.45, 7) is 0.860. The number of nitrogens with zero attached hydrogens (tertiary/aromatic N) is 1. The molecule has 2 atom stereocenters. The fraction of sp³-hybridized carbons (Fsp3) is 1.00. The van der Waals surface area contributed by atoms with E-state index in [9.17, 15) is 0 Å². The minimum Gasteiger partial charge on any atom is -0.395 e. The van der Waals surface area contributed by atoms with Crippen molar-refractivity contribution in [2.45, 2.75) is 18.6 Å². The molecule has 1 aliphatic heterocycles. The van der Waals surface area contributed by atoms with Gasteiger partial charge in [-0.15, -0.1) is 0 Å². The molecule has 0 aromatic heterocycles. The third-order valence-corrected chi connectivity index (χ3v) is 1.88. The molecule has 3 heteroatoms. The van der Waals surface area contributed by atoms with Gasteiger partial charge in [0, 0.05) is 12.6 Å². The van der Waals surface area contributed by atoms with Crippen molar-refractivity contribution in [3.8, 4) is 0 Å². The van der Waals surface area contributed by atoms with Gasteiger partial charge in [0.2, 0.25) is 0 Å². The summed E-state index contributed by atoms with van der Waals surface area (Å²) in [5.41, 5.74) is 0. The predicted molar refractivity (Wildman–Crippen MR) is 34.1 cm³/mol. The van der Waals surface area contributed by atoms with Gasteiger partial charge in [-0.2, -0.15) is 0 Å². The van der Waals surface area contributed by atoms with E-state index in [1.165, 1.54) is 0 Å². The molecule has 0 aromatic rings. The first kappa shape index (κ1) is 6.99.